The highest BCUT2D eigenvalue weighted by Gasteiger charge is 2.23. The summed E-state index contributed by atoms with van der Waals surface area (Å²) < 4.78 is 17.4. The normalized spacial score (nSPS) is 11.3. The van der Waals surface area contributed by atoms with E-state index in [1.165, 1.54) is 12.3 Å². The van der Waals surface area contributed by atoms with Crippen LogP contribution in [0.2, 0.25) is 0 Å². The molecule has 0 fully saturated rings. The van der Waals surface area contributed by atoms with E-state index in [9.17, 15) is 4.79 Å². The summed E-state index contributed by atoms with van der Waals surface area (Å²) in [6.45, 7) is 7.93. The van der Waals surface area contributed by atoms with Gasteiger partial charge in [-0.05, 0) is 52.0 Å². The topological polar surface area (TPSA) is 111 Å². The van der Waals surface area contributed by atoms with Crippen molar-refractivity contribution in [1.82, 2.24) is 19.7 Å². The molecule has 4 N–H and O–H groups in total. The number of halogens is 1. The highest BCUT2D eigenvalue weighted by atomic mass is 19.1. The molecule has 0 unspecified atom stereocenters. The molecule has 174 valence electrons. The van der Waals surface area contributed by atoms with Crippen molar-refractivity contribution < 1.29 is 9.18 Å². The van der Waals surface area contributed by atoms with Crippen LogP contribution in [-0.4, -0.2) is 25.8 Å². The Labute approximate surface area is 197 Å². The number of nitrogens with one attached hydrogen (secondary N) is 2. The van der Waals surface area contributed by atoms with Gasteiger partial charge in [0.15, 0.2) is 5.82 Å². The number of carbonyl (C=O) groups excluding carboxylic acids is 1. The molecule has 8 nitrogen and oxygen atoms in total. The van der Waals surface area contributed by atoms with Gasteiger partial charge >= 0.3 is 6.03 Å². The number of hydrogen-bond acceptors (Lipinski definition) is 5. The van der Waals surface area contributed by atoms with Crippen molar-refractivity contribution in [2.24, 2.45) is 0 Å². The van der Waals surface area contributed by atoms with Crippen LogP contribution in [-0.2, 0) is 5.54 Å². The standard InChI is InChI=1S/C25H26FN7O/c1-15-8-10-16(11-9-15)29-24(34)31-19-7-5-6-17(21(19)26)18-14-33(25(2,3)4)32-22(18)20-12-13-28-23(27)30-20/h5-14H,1-4H3,(H2,27,28,30)(H2,29,31,34). The van der Waals surface area contributed by atoms with Crippen LogP contribution in [0.4, 0.5) is 26.5 Å². The van der Waals surface area contributed by atoms with Gasteiger partial charge in [-0.1, -0.05) is 29.8 Å². The Morgan fingerprint density at radius 3 is 2.44 bits per heavy atom. The highest BCUT2D eigenvalue weighted by molar-refractivity contribution is 6.00. The van der Waals surface area contributed by atoms with Gasteiger partial charge in [-0.25, -0.2) is 19.2 Å². The SMILES string of the molecule is Cc1ccc(NC(=O)Nc2cccc(-c3cn(C(C)(C)C)nc3-c3ccnc(N)n3)c2F)cc1. The summed E-state index contributed by atoms with van der Waals surface area (Å²) in [5, 5.41) is 9.97. The third kappa shape index (κ3) is 4.88. The molecule has 4 aromatic rings. The number of hydrogen-bond donors (Lipinski definition) is 3. The maximum Gasteiger partial charge on any atom is 0.323 e. The van der Waals surface area contributed by atoms with Crippen LogP contribution in [0, 0.1) is 12.7 Å². The molecule has 0 aliphatic carbocycles. The van der Waals surface area contributed by atoms with Crippen molar-refractivity contribution in [3.63, 3.8) is 0 Å². The zero-order chi connectivity index (χ0) is 24.5. The van der Waals surface area contributed by atoms with Gasteiger partial charge in [-0.2, -0.15) is 5.10 Å². The number of anilines is 3. The molecule has 0 saturated carbocycles. The molecule has 34 heavy (non-hydrogen) atoms. The van der Waals surface area contributed by atoms with Crippen LogP contribution in [0.3, 0.4) is 0 Å². The Bertz CT molecular complexity index is 1340. The lowest BCUT2D eigenvalue weighted by Crippen LogP contribution is -2.22. The van der Waals surface area contributed by atoms with Gasteiger partial charge in [-0.3, -0.25) is 4.68 Å². The average molecular weight is 460 g/mol. The van der Waals surface area contributed by atoms with Crippen molar-refractivity contribution in [3.05, 3.63) is 72.3 Å². The third-order valence-electron chi connectivity index (χ3n) is 5.16. The monoisotopic (exact) mass is 459 g/mol. The average Bonchev–Trinajstić information content (AvgIpc) is 3.23. The number of aromatic nitrogens is 4. The van der Waals surface area contributed by atoms with Gasteiger partial charge in [0.25, 0.3) is 0 Å². The lowest BCUT2D eigenvalue weighted by Gasteiger charge is -2.18. The van der Waals surface area contributed by atoms with E-state index >= 15 is 4.39 Å². The minimum Gasteiger partial charge on any atom is -0.368 e. The zero-order valence-corrected chi connectivity index (χ0v) is 19.4. The molecule has 0 bridgehead atoms. The van der Waals surface area contributed by atoms with Crippen molar-refractivity contribution in [1.29, 1.82) is 0 Å². The first-order valence-electron chi connectivity index (χ1n) is 10.7. The Hall–Kier alpha value is -4.27. The van der Waals surface area contributed by atoms with Crippen LogP contribution in [0.25, 0.3) is 22.5 Å². The lowest BCUT2D eigenvalue weighted by atomic mass is 10.0. The smallest absolute Gasteiger partial charge is 0.323 e. The van der Waals surface area contributed by atoms with E-state index in [-0.39, 0.29) is 22.7 Å². The second-order valence-electron chi connectivity index (χ2n) is 8.92. The quantitative estimate of drug-likeness (QED) is 0.377. The number of rotatable bonds is 4. The van der Waals surface area contributed by atoms with E-state index in [1.54, 1.807) is 41.2 Å². The largest absolute Gasteiger partial charge is 0.368 e. The van der Waals surface area contributed by atoms with Gasteiger partial charge in [0.05, 0.1) is 16.9 Å². The van der Waals surface area contributed by atoms with Crippen molar-refractivity contribution >= 4 is 23.4 Å². The number of nitrogens with two attached hydrogens (primary N) is 1. The fraction of sp³-hybridized carbons (Fsp3) is 0.200. The van der Waals surface area contributed by atoms with E-state index in [4.69, 9.17) is 5.73 Å². The molecule has 0 aliphatic heterocycles. The molecule has 0 spiro atoms. The van der Waals surface area contributed by atoms with Crippen LogP contribution >= 0.6 is 0 Å². The number of carbonyl (C=O) groups is 1. The van der Waals surface area contributed by atoms with Gasteiger partial charge in [0.1, 0.15) is 5.69 Å². The van der Waals surface area contributed by atoms with Crippen LogP contribution < -0.4 is 16.4 Å². The summed E-state index contributed by atoms with van der Waals surface area (Å²) in [7, 11) is 0. The van der Waals surface area contributed by atoms with Crippen LogP contribution in [0.5, 0.6) is 0 Å². The van der Waals surface area contributed by atoms with Crippen LogP contribution in [0.15, 0.2) is 60.9 Å². The Morgan fingerprint density at radius 2 is 1.76 bits per heavy atom. The van der Waals surface area contributed by atoms with E-state index in [2.05, 4.69) is 25.7 Å². The molecular weight excluding hydrogens is 433 g/mol. The summed E-state index contributed by atoms with van der Waals surface area (Å²) >= 11 is 0. The van der Waals surface area contributed by atoms with Crippen molar-refractivity contribution in [3.8, 4) is 22.5 Å². The van der Waals surface area contributed by atoms with E-state index in [0.29, 0.717) is 22.6 Å². The second kappa shape index (κ2) is 8.93. The lowest BCUT2D eigenvalue weighted by molar-refractivity contribution is 0.262. The molecule has 0 saturated heterocycles. The van der Waals surface area contributed by atoms with Gasteiger partial charge < -0.3 is 16.4 Å². The summed E-state index contributed by atoms with van der Waals surface area (Å²) in [5.41, 5.74) is 8.86. The summed E-state index contributed by atoms with van der Waals surface area (Å²) in [6.07, 6.45) is 3.30. The molecular formula is C25H26FN7O. The van der Waals surface area contributed by atoms with Gasteiger partial charge in [-0.15, -0.1) is 0 Å². The minimum absolute atomic E-state index is 0.0405. The Kier molecular flexibility index (Phi) is 6.02. The maximum atomic E-state index is 15.7. The first-order valence-corrected chi connectivity index (χ1v) is 10.7. The summed E-state index contributed by atoms with van der Waals surface area (Å²) in [4.78, 5) is 20.7. The number of nitrogen functional groups attached to an aromatic ring is 1. The van der Waals surface area contributed by atoms with E-state index in [0.717, 1.165) is 5.56 Å². The van der Waals surface area contributed by atoms with E-state index in [1.807, 2.05) is 39.8 Å². The predicted octanol–water partition coefficient (Wildman–Crippen LogP) is 5.44. The molecule has 2 amide bonds. The Balaban J connectivity index is 1.71. The molecule has 4 rings (SSSR count). The molecule has 0 aliphatic rings. The Morgan fingerprint density at radius 1 is 1.03 bits per heavy atom. The third-order valence-corrected chi connectivity index (χ3v) is 5.16. The van der Waals surface area contributed by atoms with Crippen LogP contribution in [0.1, 0.15) is 26.3 Å². The molecule has 9 heteroatoms. The minimum atomic E-state index is -0.585. The predicted molar refractivity (Wildman–Crippen MR) is 132 cm³/mol. The summed E-state index contributed by atoms with van der Waals surface area (Å²) in [5.74, 6) is -0.490. The first kappa shape index (κ1) is 22.9. The first-order chi connectivity index (χ1) is 16.1. The number of aryl methyl sites for hydroxylation is 1. The summed E-state index contributed by atoms with van der Waals surface area (Å²) in [6, 6.07) is 13.3. The molecule has 0 atom stereocenters. The molecule has 2 aromatic heterocycles. The number of benzene rings is 2. The number of amides is 2. The van der Waals surface area contributed by atoms with Gasteiger partial charge in [0, 0.05) is 29.2 Å². The fourth-order valence-corrected chi connectivity index (χ4v) is 3.37. The number of nitrogens with zero attached hydrogens (tertiary/aromatic N) is 4. The molecule has 2 aromatic carbocycles. The van der Waals surface area contributed by atoms with Crippen molar-refractivity contribution in [2.75, 3.05) is 16.4 Å². The highest BCUT2D eigenvalue weighted by Crippen LogP contribution is 2.35. The fourth-order valence-electron chi connectivity index (χ4n) is 3.37. The van der Waals surface area contributed by atoms with Gasteiger partial charge in [0.2, 0.25) is 5.95 Å². The number of urea groups is 1. The second-order valence-corrected chi connectivity index (χ2v) is 8.92. The zero-order valence-electron chi connectivity index (χ0n) is 19.4. The van der Waals surface area contributed by atoms with E-state index < -0.39 is 11.8 Å². The molecule has 2 heterocycles. The molecule has 0 radical (unpaired) electrons. The maximum absolute atomic E-state index is 15.7. The van der Waals surface area contributed by atoms with Crippen molar-refractivity contribution in [2.45, 2.75) is 33.2 Å².